The Morgan fingerprint density at radius 2 is 2.09 bits per heavy atom. The van der Waals surface area contributed by atoms with Crippen molar-refractivity contribution in [2.75, 3.05) is 0 Å². The van der Waals surface area contributed by atoms with Crippen LogP contribution in [-0.4, -0.2) is 28.8 Å². The number of rotatable bonds is 5. The van der Waals surface area contributed by atoms with E-state index in [2.05, 4.69) is 5.32 Å². The van der Waals surface area contributed by atoms with E-state index in [-0.39, 0.29) is 6.04 Å². The largest absolute Gasteiger partial charge is 0.481 e. The molecule has 1 aliphatic carbocycles. The maximum atomic E-state index is 11.9. The summed E-state index contributed by atoms with van der Waals surface area (Å²) < 4.78 is 5.30. The Kier molecular flexibility index (Phi) is 6.91. The van der Waals surface area contributed by atoms with Gasteiger partial charge < -0.3 is 15.2 Å². The van der Waals surface area contributed by atoms with Crippen molar-refractivity contribution in [3.63, 3.8) is 0 Å². The molecular weight excluding hydrogens is 282 g/mol. The second kappa shape index (κ2) is 8.20. The highest BCUT2D eigenvalue weighted by Gasteiger charge is 2.25. The Bertz CT molecular complexity index is 423. The summed E-state index contributed by atoms with van der Waals surface area (Å²) in [5.41, 5.74) is 0.493. The van der Waals surface area contributed by atoms with E-state index in [1.165, 1.54) is 0 Å². The van der Waals surface area contributed by atoms with Crippen molar-refractivity contribution < 1.29 is 19.4 Å². The number of carbonyl (C=O) groups excluding carboxylic acids is 1. The maximum absolute atomic E-state index is 11.9. The zero-order valence-corrected chi connectivity index (χ0v) is 14.1. The van der Waals surface area contributed by atoms with E-state index in [0.717, 1.165) is 37.7 Å². The number of carboxylic acids is 1. The summed E-state index contributed by atoms with van der Waals surface area (Å²) in [7, 11) is 0. The fourth-order valence-corrected chi connectivity index (χ4v) is 2.70. The quantitative estimate of drug-likeness (QED) is 0.755. The molecule has 1 saturated carbocycles. The third-order valence-electron chi connectivity index (χ3n) is 3.68. The molecule has 22 heavy (non-hydrogen) atoms. The summed E-state index contributed by atoms with van der Waals surface area (Å²) in [6.07, 6.45) is 6.60. The third kappa shape index (κ3) is 6.50. The van der Waals surface area contributed by atoms with Crippen LogP contribution >= 0.6 is 0 Å². The van der Waals surface area contributed by atoms with Crippen LogP contribution in [0.1, 0.15) is 66.2 Å². The number of carbonyl (C=O) groups is 2. The Hall–Kier alpha value is -1.52. The highest BCUT2D eigenvalue weighted by Crippen LogP contribution is 2.26. The highest BCUT2D eigenvalue weighted by atomic mass is 16.6. The van der Waals surface area contributed by atoms with Gasteiger partial charge in [0.05, 0.1) is 12.0 Å². The molecule has 5 heteroatoms. The van der Waals surface area contributed by atoms with Crippen molar-refractivity contribution >= 4 is 12.1 Å². The van der Waals surface area contributed by atoms with Gasteiger partial charge in [-0.25, -0.2) is 4.79 Å². The molecule has 0 aromatic carbocycles. The normalized spacial score (nSPS) is 22.2. The first-order valence-electron chi connectivity index (χ1n) is 8.16. The number of hydrogen-bond acceptors (Lipinski definition) is 3. The molecule has 126 valence electrons. The minimum absolute atomic E-state index is 0.109. The van der Waals surface area contributed by atoms with E-state index < -0.39 is 23.6 Å². The number of ether oxygens (including phenoxy) is 1. The first-order chi connectivity index (χ1) is 10.2. The SMILES string of the molecule is CCC[C@H](/C=C1\CCCC[C@@H]1NC(=O)OC(C)(C)C)C(=O)O. The second-order valence-electron chi connectivity index (χ2n) is 6.92. The van der Waals surface area contributed by atoms with E-state index in [0.29, 0.717) is 6.42 Å². The van der Waals surface area contributed by atoms with Crippen LogP contribution in [0.5, 0.6) is 0 Å². The smallest absolute Gasteiger partial charge is 0.408 e. The average Bonchev–Trinajstić information content (AvgIpc) is 2.37. The molecule has 0 radical (unpaired) electrons. The van der Waals surface area contributed by atoms with Crippen LogP contribution in [-0.2, 0) is 9.53 Å². The summed E-state index contributed by atoms with van der Waals surface area (Å²) in [6, 6.07) is -0.109. The molecule has 2 atom stereocenters. The van der Waals surface area contributed by atoms with Crippen LogP contribution in [0.3, 0.4) is 0 Å². The minimum Gasteiger partial charge on any atom is -0.481 e. The van der Waals surface area contributed by atoms with Gasteiger partial charge >= 0.3 is 12.1 Å². The molecule has 1 rings (SSSR count). The van der Waals surface area contributed by atoms with Crippen LogP contribution in [0.4, 0.5) is 4.79 Å². The predicted molar refractivity (Wildman–Crippen MR) is 85.7 cm³/mol. The number of amides is 1. The first kappa shape index (κ1) is 18.5. The van der Waals surface area contributed by atoms with Gasteiger partial charge in [0.1, 0.15) is 5.60 Å². The van der Waals surface area contributed by atoms with Gasteiger partial charge in [-0.1, -0.05) is 31.4 Å². The Balaban J connectivity index is 2.78. The molecule has 0 heterocycles. The molecule has 0 unspecified atom stereocenters. The number of nitrogens with one attached hydrogen (secondary N) is 1. The molecule has 0 aromatic heterocycles. The Morgan fingerprint density at radius 1 is 1.41 bits per heavy atom. The van der Waals surface area contributed by atoms with Crippen molar-refractivity contribution in [1.82, 2.24) is 5.32 Å². The molecule has 0 aromatic rings. The van der Waals surface area contributed by atoms with Gasteiger partial charge in [0.15, 0.2) is 0 Å². The Labute approximate surface area is 133 Å². The van der Waals surface area contributed by atoms with E-state index in [1.54, 1.807) is 0 Å². The lowest BCUT2D eigenvalue weighted by Gasteiger charge is -2.29. The molecule has 5 nitrogen and oxygen atoms in total. The van der Waals surface area contributed by atoms with Crippen LogP contribution in [0.25, 0.3) is 0 Å². The molecule has 1 fully saturated rings. The van der Waals surface area contributed by atoms with Gasteiger partial charge in [-0.05, 0) is 46.5 Å². The number of carboxylic acid groups (broad SMARTS) is 1. The monoisotopic (exact) mass is 311 g/mol. The fourth-order valence-electron chi connectivity index (χ4n) is 2.70. The second-order valence-corrected chi connectivity index (χ2v) is 6.92. The number of hydrogen-bond donors (Lipinski definition) is 2. The molecule has 0 saturated heterocycles. The van der Waals surface area contributed by atoms with E-state index in [9.17, 15) is 14.7 Å². The van der Waals surface area contributed by atoms with Crippen molar-refractivity contribution in [3.8, 4) is 0 Å². The van der Waals surface area contributed by atoms with Crippen LogP contribution in [0.15, 0.2) is 11.6 Å². The summed E-state index contributed by atoms with van der Waals surface area (Å²) in [5.74, 6) is -1.27. The van der Waals surface area contributed by atoms with Crippen LogP contribution in [0.2, 0.25) is 0 Å². The topological polar surface area (TPSA) is 75.6 Å². The minimum atomic E-state index is -0.795. The standard InChI is InChI=1S/C17H29NO4/c1-5-8-13(15(19)20)11-12-9-6-7-10-14(12)18-16(21)22-17(2,3)4/h11,13-14H,5-10H2,1-4H3,(H,18,21)(H,19,20)/b12-11+/t13-,14+/m1/s1. The lowest BCUT2D eigenvalue weighted by Crippen LogP contribution is -2.41. The van der Waals surface area contributed by atoms with Gasteiger partial charge in [0.25, 0.3) is 0 Å². The molecule has 1 aliphatic rings. The van der Waals surface area contributed by atoms with Gasteiger partial charge in [0.2, 0.25) is 0 Å². The maximum Gasteiger partial charge on any atom is 0.408 e. The van der Waals surface area contributed by atoms with E-state index in [1.807, 2.05) is 33.8 Å². The number of aliphatic carboxylic acids is 1. The summed E-state index contributed by atoms with van der Waals surface area (Å²) in [4.78, 5) is 23.3. The van der Waals surface area contributed by atoms with Gasteiger partial charge in [-0.15, -0.1) is 0 Å². The summed E-state index contributed by atoms with van der Waals surface area (Å²) in [5, 5.41) is 12.2. The molecular formula is C17H29NO4. The summed E-state index contributed by atoms with van der Waals surface area (Å²) >= 11 is 0. The van der Waals surface area contributed by atoms with Gasteiger partial charge in [-0.3, -0.25) is 4.79 Å². The zero-order chi connectivity index (χ0) is 16.8. The third-order valence-corrected chi connectivity index (χ3v) is 3.68. The van der Waals surface area contributed by atoms with Gasteiger partial charge in [-0.2, -0.15) is 0 Å². The first-order valence-corrected chi connectivity index (χ1v) is 8.16. The van der Waals surface area contributed by atoms with Gasteiger partial charge in [0, 0.05) is 0 Å². The lowest BCUT2D eigenvalue weighted by molar-refractivity contribution is -0.140. The van der Waals surface area contributed by atoms with Crippen LogP contribution in [0, 0.1) is 5.92 Å². The molecule has 0 spiro atoms. The average molecular weight is 311 g/mol. The van der Waals surface area contributed by atoms with Crippen molar-refractivity contribution in [3.05, 3.63) is 11.6 Å². The lowest BCUT2D eigenvalue weighted by atomic mass is 9.86. The molecule has 2 N–H and O–H groups in total. The van der Waals surface area contributed by atoms with Crippen molar-refractivity contribution in [2.45, 2.75) is 77.9 Å². The molecule has 1 amide bonds. The van der Waals surface area contributed by atoms with E-state index >= 15 is 0 Å². The fraction of sp³-hybridized carbons (Fsp3) is 0.765. The van der Waals surface area contributed by atoms with Crippen molar-refractivity contribution in [2.24, 2.45) is 5.92 Å². The summed E-state index contributed by atoms with van der Waals surface area (Å²) in [6.45, 7) is 7.45. The predicted octanol–water partition coefficient (Wildman–Crippen LogP) is 3.88. The Morgan fingerprint density at radius 3 is 2.64 bits per heavy atom. The number of alkyl carbamates (subject to hydrolysis) is 1. The molecule has 0 aliphatic heterocycles. The van der Waals surface area contributed by atoms with E-state index in [4.69, 9.17) is 4.74 Å². The van der Waals surface area contributed by atoms with Crippen LogP contribution < -0.4 is 5.32 Å². The highest BCUT2D eigenvalue weighted by molar-refractivity contribution is 5.72. The molecule has 0 bridgehead atoms. The zero-order valence-electron chi connectivity index (χ0n) is 14.1. The van der Waals surface area contributed by atoms with Crippen molar-refractivity contribution in [1.29, 1.82) is 0 Å².